The second-order valence-electron chi connectivity index (χ2n) is 8.05. The van der Waals surface area contributed by atoms with Gasteiger partial charge in [-0.3, -0.25) is 14.5 Å². The second kappa shape index (κ2) is 10.5. The molecule has 2 N–H and O–H groups in total. The third-order valence-electron chi connectivity index (χ3n) is 5.67. The fraction of sp³-hybridized carbons (Fsp3) is 0.280. The van der Waals surface area contributed by atoms with Crippen LogP contribution in [0.2, 0.25) is 0 Å². The molecule has 32 heavy (non-hydrogen) atoms. The molecule has 1 aliphatic rings. The number of nitrogens with zero attached hydrogens (tertiary/aromatic N) is 2. The summed E-state index contributed by atoms with van der Waals surface area (Å²) in [6, 6.07) is 20.7. The lowest BCUT2D eigenvalue weighted by molar-refractivity contribution is 0.0906. The number of anilines is 1. The zero-order valence-electron chi connectivity index (χ0n) is 18.2. The first-order valence-corrected chi connectivity index (χ1v) is 11.7. The molecule has 0 bridgehead atoms. The topological polar surface area (TPSA) is 64.7 Å². The van der Waals surface area contributed by atoms with Gasteiger partial charge < -0.3 is 15.5 Å². The van der Waals surface area contributed by atoms with Crippen LogP contribution in [0.15, 0.2) is 72.1 Å². The SMILES string of the molecule is CN1CCN(CC(NC(=O)c2cccc(NC(=O)c3cccs3)c2)c2ccccc2)CC1. The first-order chi connectivity index (χ1) is 15.6. The van der Waals surface area contributed by atoms with Crippen molar-refractivity contribution in [3.05, 3.63) is 88.1 Å². The summed E-state index contributed by atoms with van der Waals surface area (Å²) in [5, 5.41) is 7.95. The largest absolute Gasteiger partial charge is 0.344 e. The van der Waals surface area contributed by atoms with E-state index in [1.165, 1.54) is 11.3 Å². The van der Waals surface area contributed by atoms with Gasteiger partial charge in [0.15, 0.2) is 0 Å². The van der Waals surface area contributed by atoms with E-state index in [0.29, 0.717) is 16.1 Å². The number of likely N-dealkylation sites (N-methyl/N-ethyl adjacent to an activating group) is 1. The molecule has 1 atom stereocenters. The van der Waals surface area contributed by atoms with Crippen molar-refractivity contribution in [3.8, 4) is 0 Å². The van der Waals surface area contributed by atoms with Gasteiger partial charge in [0.1, 0.15) is 0 Å². The summed E-state index contributed by atoms with van der Waals surface area (Å²) in [4.78, 5) is 30.8. The molecule has 0 saturated carbocycles. The molecule has 3 aromatic rings. The lowest BCUT2D eigenvalue weighted by Gasteiger charge is -2.35. The Kier molecular flexibility index (Phi) is 7.32. The second-order valence-corrected chi connectivity index (χ2v) is 9.00. The molecule has 4 rings (SSSR count). The Morgan fingerprint density at radius 3 is 2.44 bits per heavy atom. The summed E-state index contributed by atoms with van der Waals surface area (Å²) >= 11 is 1.38. The van der Waals surface area contributed by atoms with E-state index in [9.17, 15) is 9.59 Å². The summed E-state index contributed by atoms with van der Waals surface area (Å²) < 4.78 is 0. The number of nitrogens with one attached hydrogen (secondary N) is 2. The van der Waals surface area contributed by atoms with E-state index >= 15 is 0 Å². The number of rotatable bonds is 7. The van der Waals surface area contributed by atoms with Crippen LogP contribution in [0.4, 0.5) is 5.69 Å². The highest BCUT2D eigenvalue weighted by Crippen LogP contribution is 2.19. The third-order valence-corrected chi connectivity index (χ3v) is 6.54. The fourth-order valence-corrected chi connectivity index (χ4v) is 4.41. The Balaban J connectivity index is 1.46. The van der Waals surface area contributed by atoms with E-state index in [0.717, 1.165) is 38.3 Å². The molecule has 1 saturated heterocycles. The molecule has 1 unspecified atom stereocenters. The van der Waals surface area contributed by atoms with Gasteiger partial charge in [-0.2, -0.15) is 0 Å². The number of hydrogen-bond donors (Lipinski definition) is 2. The van der Waals surface area contributed by atoms with Crippen molar-refractivity contribution in [2.45, 2.75) is 6.04 Å². The van der Waals surface area contributed by atoms with Crippen molar-refractivity contribution in [1.82, 2.24) is 15.1 Å². The predicted molar refractivity (Wildman–Crippen MR) is 129 cm³/mol. The van der Waals surface area contributed by atoms with Crippen LogP contribution in [-0.2, 0) is 0 Å². The molecule has 7 heteroatoms. The first kappa shape index (κ1) is 22.2. The molecule has 2 amide bonds. The molecule has 166 valence electrons. The van der Waals surface area contributed by atoms with E-state index in [-0.39, 0.29) is 17.9 Å². The van der Waals surface area contributed by atoms with Crippen LogP contribution in [-0.4, -0.2) is 61.4 Å². The van der Waals surface area contributed by atoms with Gasteiger partial charge in [0, 0.05) is 44.0 Å². The molecule has 1 aromatic heterocycles. The summed E-state index contributed by atoms with van der Waals surface area (Å²) in [5.41, 5.74) is 2.21. The highest BCUT2D eigenvalue weighted by molar-refractivity contribution is 7.12. The van der Waals surface area contributed by atoms with Crippen molar-refractivity contribution < 1.29 is 9.59 Å². The molecule has 1 aliphatic heterocycles. The van der Waals surface area contributed by atoms with Gasteiger partial charge in [-0.05, 0) is 42.3 Å². The fourth-order valence-electron chi connectivity index (χ4n) is 3.79. The van der Waals surface area contributed by atoms with Crippen molar-refractivity contribution in [2.75, 3.05) is 45.1 Å². The zero-order chi connectivity index (χ0) is 22.3. The van der Waals surface area contributed by atoms with Crippen molar-refractivity contribution >= 4 is 28.8 Å². The van der Waals surface area contributed by atoms with Gasteiger partial charge in [0.2, 0.25) is 0 Å². The lowest BCUT2D eigenvalue weighted by atomic mass is 10.0. The Hall–Kier alpha value is -3.00. The summed E-state index contributed by atoms with van der Waals surface area (Å²) in [7, 11) is 2.14. The van der Waals surface area contributed by atoms with E-state index < -0.39 is 0 Å². The number of hydrogen-bond acceptors (Lipinski definition) is 5. The van der Waals surface area contributed by atoms with Crippen LogP contribution < -0.4 is 10.6 Å². The Morgan fingerprint density at radius 2 is 1.72 bits per heavy atom. The van der Waals surface area contributed by atoms with Crippen LogP contribution in [0.5, 0.6) is 0 Å². The number of piperazine rings is 1. The summed E-state index contributed by atoms with van der Waals surface area (Å²) in [5.74, 6) is -0.324. The van der Waals surface area contributed by atoms with Gasteiger partial charge in [-0.1, -0.05) is 42.5 Å². The lowest BCUT2D eigenvalue weighted by Crippen LogP contribution is -2.47. The van der Waals surface area contributed by atoms with Gasteiger partial charge in [0.25, 0.3) is 11.8 Å². The van der Waals surface area contributed by atoms with Crippen LogP contribution in [0.1, 0.15) is 31.6 Å². The predicted octanol–water partition coefficient (Wildman–Crippen LogP) is 3.72. The van der Waals surface area contributed by atoms with Crippen molar-refractivity contribution in [1.29, 1.82) is 0 Å². The number of carbonyl (C=O) groups is 2. The van der Waals surface area contributed by atoms with Crippen LogP contribution in [0.25, 0.3) is 0 Å². The van der Waals surface area contributed by atoms with Crippen molar-refractivity contribution in [2.24, 2.45) is 0 Å². The maximum absolute atomic E-state index is 13.1. The molecular formula is C25H28N4O2S. The molecule has 0 aliphatic carbocycles. The standard InChI is InChI=1S/C25H28N4O2S/c1-28-12-14-29(15-13-28)18-22(19-7-3-2-4-8-19)27-24(30)20-9-5-10-21(17-20)26-25(31)23-11-6-16-32-23/h2-11,16-17,22H,12-15,18H2,1H3,(H,26,31)(H,27,30). The van der Waals surface area contributed by atoms with E-state index in [2.05, 4.69) is 39.6 Å². The van der Waals surface area contributed by atoms with Crippen molar-refractivity contribution in [3.63, 3.8) is 0 Å². The van der Waals surface area contributed by atoms with Gasteiger partial charge in [-0.25, -0.2) is 0 Å². The highest BCUT2D eigenvalue weighted by atomic mass is 32.1. The van der Waals surface area contributed by atoms with Crippen LogP contribution in [0.3, 0.4) is 0 Å². The average Bonchev–Trinajstić information content (AvgIpc) is 3.36. The monoisotopic (exact) mass is 448 g/mol. The normalized spacial score (nSPS) is 15.8. The average molecular weight is 449 g/mol. The zero-order valence-corrected chi connectivity index (χ0v) is 19.0. The molecule has 2 heterocycles. The highest BCUT2D eigenvalue weighted by Gasteiger charge is 2.22. The smallest absolute Gasteiger partial charge is 0.265 e. The van der Waals surface area contributed by atoms with Gasteiger partial charge in [-0.15, -0.1) is 11.3 Å². The quantitative estimate of drug-likeness (QED) is 0.578. The molecule has 2 aromatic carbocycles. The van der Waals surface area contributed by atoms with Gasteiger partial charge in [0.05, 0.1) is 10.9 Å². The maximum atomic E-state index is 13.1. The van der Waals surface area contributed by atoms with E-state index in [4.69, 9.17) is 0 Å². The Bertz CT molecular complexity index is 1030. The minimum absolute atomic E-state index is 0.114. The van der Waals surface area contributed by atoms with Crippen LogP contribution >= 0.6 is 11.3 Å². The third kappa shape index (κ3) is 5.82. The Morgan fingerprint density at radius 1 is 0.938 bits per heavy atom. The molecule has 0 radical (unpaired) electrons. The number of benzene rings is 2. The number of thiophene rings is 1. The minimum atomic E-state index is -0.171. The maximum Gasteiger partial charge on any atom is 0.265 e. The summed E-state index contributed by atoms with van der Waals surface area (Å²) in [6.07, 6.45) is 0. The Labute approximate surface area is 192 Å². The van der Waals surface area contributed by atoms with Gasteiger partial charge >= 0.3 is 0 Å². The van der Waals surface area contributed by atoms with Crippen LogP contribution in [0, 0.1) is 0 Å². The molecule has 0 spiro atoms. The number of amides is 2. The van der Waals surface area contributed by atoms with E-state index in [1.807, 2.05) is 29.6 Å². The first-order valence-electron chi connectivity index (χ1n) is 10.8. The molecular weight excluding hydrogens is 420 g/mol. The molecule has 1 fully saturated rings. The molecule has 6 nitrogen and oxygen atoms in total. The minimum Gasteiger partial charge on any atom is -0.344 e. The number of carbonyl (C=O) groups excluding carboxylic acids is 2. The van der Waals surface area contributed by atoms with E-state index in [1.54, 1.807) is 30.3 Å². The summed E-state index contributed by atoms with van der Waals surface area (Å²) in [6.45, 7) is 4.79.